The molecule has 1 unspecified atom stereocenters. The van der Waals surface area contributed by atoms with E-state index < -0.39 is 23.6 Å². The third kappa shape index (κ3) is 2.81. The topological polar surface area (TPSA) is 76.6 Å². The highest BCUT2D eigenvalue weighted by molar-refractivity contribution is 6.35. The van der Waals surface area contributed by atoms with Gasteiger partial charge in [-0.2, -0.15) is 0 Å². The minimum atomic E-state index is -1.49. The third-order valence-corrected chi connectivity index (χ3v) is 3.10. The highest BCUT2D eigenvalue weighted by atomic mass is 16.5. The Bertz CT molecular complexity index is 601. The first-order valence-corrected chi connectivity index (χ1v) is 6.55. The van der Waals surface area contributed by atoms with E-state index in [2.05, 4.69) is 9.72 Å². The van der Waals surface area contributed by atoms with Crippen LogP contribution in [0.1, 0.15) is 30.0 Å². The van der Waals surface area contributed by atoms with E-state index in [0.717, 1.165) is 7.11 Å². The summed E-state index contributed by atoms with van der Waals surface area (Å²) in [6, 6.07) is 1.50. The maximum absolute atomic E-state index is 12.2. The van der Waals surface area contributed by atoms with Crippen molar-refractivity contribution in [3.05, 3.63) is 17.5 Å². The number of fused-ring (bicyclic) bond motifs is 1. The van der Waals surface area contributed by atoms with E-state index in [-0.39, 0.29) is 5.69 Å². The summed E-state index contributed by atoms with van der Waals surface area (Å²) < 4.78 is 4.49. The number of carbonyl (C=O) groups is 3. The average Bonchev–Trinajstić information content (AvgIpc) is 2.49. The van der Waals surface area contributed by atoms with Crippen molar-refractivity contribution in [1.82, 2.24) is 4.98 Å². The number of rotatable bonds is 1. The molecule has 21 heavy (non-hydrogen) atoms. The fourth-order valence-electron chi connectivity index (χ4n) is 1.93. The Balaban J connectivity index is 0.00000106. The third-order valence-electron chi connectivity index (χ3n) is 3.10. The van der Waals surface area contributed by atoms with Crippen LogP contribution < -0.4 is 10.4 Å². The zero-order valence-electron chi connectivity index (χ0n) is 12.8. The zero-order chi connectivity index (χ0) is 16.3. The molecule has 0 saturated carbocycles. The lowest BCUT2D eigenvalue weighted by molar-refractivity contribution is -0.147. The van der Waals surface area contributed by atoms with E-state index >= 15 is 0 Å². The molecule has 0 N–H and O–H groups in total. The van der Waals surface area contributed by atoms with Crippen molar-refractivity contribution < 1.29 is 19.1 Å². The Labute approximate surface area is 124 Å². The molecule has 0 saturated heterocycles. The van der Waals surface area contributed by atoms with Crippen LogP contribution in [0.15, 0.2) is 6.07 Å². The van der Waals surface area contributed by atoms with Gasteiger partial charge < -0.3 is 9.64 Å². The number of amides is 1. The minimum Gasteiger partial charge on any atom is -0.468 e. The van der Waals surface area contributed by atoms with E-state index in [4.69, 9.17) is 7.85 Å². The molecule has 0 spiro atoms. The lowest BCUT2D eigenvalue weighted by Crippen LogP contribution is -2.47. The van der Waals surface area contributed by atoms with Crippen molar-refractivity contribution in [3.63, 3.8) is 0 Å². The first-order valence-electron chi connectivity index (χ1n) is 6.55. The summed E-state index contributed by atoms with van der Waals surface area (Å²) in [6.07, 6.45) is 0. The number of pyridine rings is 1. The quantitative estimate of drug-likeness (QED) is 0.418. The average molecular weight is 288 g/mol. The number of anilines is 1. The van der Waals surface area contributed by atoms with Crippen LogP contribution in [0, 0.1) is 12.8 Å². The fourth-order valence-corrected chi connectivity index (χ4v) is 1.93. The van der Waals surface area contributed by atoms with Gasteiger partial charge in [0.25, 0.3) is 0 Å². The van der Waals surface area contributed by atoms with E-state index in [0.29, 0.717) is 16.8 Å². The number of aryl methyl sites for hydroxylation is 1. The molecule has 1 aliphatic rings. The van der Waals surface area contributed by atoms with Crippen LogP contribution in [0.5, 0.6) is 0 Å². The number of carbonyl (C=O) groups excluding carboxylic acids is 3. The Kier molecular flexibility index (Phi) is 5.24. The van der Waals surface area contributed by atoms with E-state index in [1.165, 1.54) is 18.0 Å². The Morgan fingerprint density at radius 3 is 2.48 bits per heavy atom. The molecular formula is C14H17BN2O4. The highest BCUT2D eigenvalue weighted by Gasteiger charge is 2.44. The molecule has 110 valence electrons. The first-order chi connectivity index (χ1) is 9.88. The minimum absolute atomic E-state index is 0.0594. The summed E-state index contributed by atoms with van der Waals surface area (Å²) in [5.41, 5.74) is 1.21. The monoisotopic (exact) mass is 288 g/mol. The Morgan fingerprint density at radius 1 is 1.38 bits per heavy atom. The first kappa shape index (κ1) is 16.9. The second kappa shape index (κ2) is 6.52. The molecular weight excluding hydrogens is 271 g/mol. The summed E-state index contributed by atoms with van der Waals surface area (Å²) in [5.74, 6) is -3.68. The Hall–Kier alpha value is -2.18. The van der Waals surface area contributed by atoms with Gasteiger partial charge in [0.2, 0.25) is 17.6 Å². The summed E-state index contributed by atoms with van der Waals surface area (Å²) in [4.78, 5) is 41.0. The number of ketones is 1. The molecule has 6 nitrogen and oxygen atoms in total. The number of methoxy groups -OCH3 is 1. The number of hydrogen-bond donors (Lipinski definition) is 0. The number of ether oxygens (including phenoxy) is 1. The lowest BCUT2D eigenvalue weighted by Gasteiger charge is -2.29. The van der Waals surface area contributed by atoms with Gasteiger partial charge in [-0.25, -0.2) is 4.98 Å². The number of Topliss-reactive ketones (excluding diaryl/α,β-unsaturated/α-hetero) is 1. The second-order valence-electron chi connectivity index (χ2n) is 4.25. The van der Waals surface area contributed by atoms with Crippen molar-refractivity contribution in [1.29, 1.82) is 0 Å². The van der Waals surface area contributed by atoms with Crippen LogP contribution in [0.2, 0.25) is 0 Å². The van der Waals surface area contributed by atoms with E-state index in [9.17, 15) is 14.4 Å². The van der Waals surface area contributed by atoms with Gasteiger partial charge in [-0.3, -0.25) is 14.4 Å². The smallest absolute Gasteiger partial charge is 0.326 e. The van der Waals surface area contributed by atoms with Crippen LogP contribution in [-0.4, -0.2) is 44.6 Å². The van der Waals surface area contributed by atoms with Gasteiger partial charge in [-0.1, -0.05) is 19.3 Å². The van der Waals surface area contributed by atoms with Crippen molar-refractivity contribution in [3.8, 4) is 0 Å². The fraction of sp³-hybridized carbons (Fsp3) is 0.429. The number of esters is 1. The van der Waals surface area contributed by atoms with E-state index in [1.54, 1.807) is 6.92 Å². The molecule has 1 aliphatic heterocycles. The predicted molar refractivity (Wildman–Crippen MR) is 79.0 cm³/mol. The number of aromatic nitrogens is 1. The SMILES string of the molecule is CC.[B]c1cc2c(nc1C)C(=O)C(C(=O)OC)C(=O)N2C. The molecule has 0 bridgehead atoms. The number of hydrogen-bond acceptors (Lipinski definition) is 5. The molecule has 1 atom stereocenters. The predicted octanol–water partition coefficient (Wildman–Crippen LogP) is 0.158. The molecule has 7 heteroatoms. The van der Waals surface area contributed by atoms with Crippen molar-refractivity contribution in [2.75, 3.05) is 19.1 Å². The molecule has 1 aromatic rings. The van der Waals surface area contributed by atoms with Gasteiger partial charge in [0.15, 0.2) is 0 Å². The maximum Gasteiger partial charge on any atom is 0.326 e. The molecule has 2 rings (SSSR count). The van der Waals surface area contributed by atoms with Crippen LogP contribution >= 0.6 is 0 Å². The largest absolute Gasteiger partial charge is 0.468 e. The molecule has 0 aromatic carbocycles. The van der Waals surface area contributed by atoms with Crippen molar-refractivity contribution in [2.45, 2.75) is 20.8 Å². The molecule has 0 fully saturated rings. The van der Waals surface area contributed by atoms with Gasteiger partial charge in [0.1, 0.15) is 13.5 Å². The normalized spacial score (nSPS) is 16.8. The lowest BCUT2D eigenvalue weighted by atomic mass is 9.88. The molecule has 1 aromatic heterocycles. The summed E-state index contributed by atoms with van der Waals surface area (Å²) >= 11 is 0. The summed E-state index contributed by atoms with van der Waals surface area (Å²) in [5, 5.41) is 0. The number of nitrogens with zero attached hydrogens (tertiary/aromatic N) is 2. The second-order valence-corrected chi connectivity index (χ2v) is 4.25. The molecule has 1 amide bonds. The van der Waals surface area contributed by atoms with Crippen molar-refractivity contribution >= 4 is 36.7 Å². The molecule has 2 radical (unpaired) electrons. The summed E-state index contributed by atoms with van der Waals surface area (Å²) in [7, 11) is 8.30. The maximum atomic E-state index is 12.2. The summed E-state index contributed by atoms with van der Waals surface area (Å²) in [6.45, 7) is 5.65. The molecule has 2 heterocycles. The molecule has 0 aliphatic carbocycles. The Morgan fingerprint density at radius 2 is 1.95 bits per heavy atom. The van der Waals surface area contributed by atoms with Gasteiger partial charge in [0, 0.05) is 12.7 Å². The standard InChI is InChI=1S/C12H11BN2O4.C2H6/c1-5-6(13)4-7-9(14-5)10(16)8(12(18)19-3)11(17)15(7)2;1-2/h4,8H,1-3H3;1-2H3. The van der Waals surface area contributed by atoms with Gasteiger partial charge >= 0.3 is 5.97 Å². The van der Waals surface area contributed by atoms with Gasteiger partial charge in [-0.15, -0.1) is 0 Å². The van der Waals surface area contributed by atoms with Crippen LogP contribution in [-0.2, 0) is 14.3 Å². The van der Waals surface area contributed by atoms with Gasteiger partial charge in [0.05, 0.1) is 12.8 Å². The highest BCUT2D eigenvalue weighted by Crippen LogP contribution is 2.28. The van der Waals surface area contributed by atoms with Crippen LogP contribution in [0.4, 0.5) is 5.69 Å². The van der Waals surface area contributed by atoms with Crippen molar-refractivity contribution in [2.24, 2.45) is 5.92 Å². The van der Waals surface area contributed by atoms with Crippen LogP contribution in [0.3, 0.4) is 0 Å². The van der Waals surface area contributed by atoms with Gasteiger partial charge in [-0.05, 0) is 13.0 Å². The van der Waals surface area contributed by atoms with E-state index in [1.807, 2.05) is 13.8 Å². The zero-order valence-corrected chi connectivity index (χ0v) is 12.8. The van der Waals surface area contributed by atoms with Crippen LogP contribution in [0.25, 0.3) is 0 Å².